The van der Waals surface area contributed by atoms with Gasteiger partial charge in [0.25, 0.3) is 0 Å². The molecule has 1 N–H and O–H groups in total. The van der Waals surface area contributed by atoms with Crippen LogP contribution in [0.15, 0.2) is 29.2 Å². The standard InChI is InChI=1S/C21H31N3O4S/c1-29(27,28)19-10-8-18(9-11-19)22-21(26)24-14-4-13-23(15-16-24)20(25)12-7-17-5-2-3-6-17/h8-11,17H,2-7,12-16H2,1H3,(H,22,26). The Bertz CT molecular complexity index is 817. The highest BCUT2D eigenvalue weighted by molar-refractivity contribution is 7.90. The highest BCUT2D eigenvalue weighted by Crippen LogP contribution is 2.28. The van der Waals surface area contributed by atoms with Gasteiger partial charge in [-0.25, -0.2) is 13.2 Å². The van der Waals surface area contributed by atoms with Crippen molar-refractivity contribution in [1.29, 1.82) is 0 Å². The van der Waals surface area contributed by atoms with E-state index in [0.29, 0.717) is 44.2 Å². The molecule has 2 fully saturated rings. The molecule has 3 amide bonds. The summed E-state index contributed by atoms with van der Waals surface area (Å²) in [6.45, 7) is 2.35. The molecule has 3 rings (SSSR count). The monoisotopic (exact) mass is 421 g/mol. The molecule has 0 spiro atoms. The molecule has 1 aromatic rings. The molecule has 160 valence electrons. The molecule has 0 atom stereocenters. The van der Waals surface area contributed by atoms with Crippen molar-refractivity contribution in [2.75, 3.05) is 37.8 Å². The van der Waals surface area contributed by atoms with Gasteiger partial charge in [-0.3, -0.25) is 4.79 Å². The zero-order valence-corrected chi connectivity index (χ0v) is 17.9. The molecule has 0 radical (unpaired) electrons. The maximum absolute atomic E-state index is 12.6. The second-order valence-corrected chi connectivity index (χ2v) is 10.2. The van der Waals surface area contributed by atoms with E-state index in [2.05, 4.69) is 5.32 Å². The maximum atomic E-state index is 12.6. The van der Waals surface area contributed by atoms with Gasteiger partial charge in [-0.1, -0.05) is 25.7 Å². The van der Waals surface area contributed by atoms with Crippen LogP contribution in [0.3, 0.4) is 0 Å². The summed E-state index contributed by atoms with van der Waals surface area (Å²) < 4.78 is 23.1. The van der Waals surface area contributed by atoms with Crippen LogP contribution >= 0.6 is 0 Å². The largest absolute Gasteiger partial charge is 0.341 e. The van der Waals surface area contributed by atoms with Crippen molar-refractivity contribution >= 4 is 27.5 Å². The predicted molar refractivity (Wildman–Crippen MR) is 113 cm³/mol. The summed E-state index contributed by atoms with van der Waals surface area (Å²) in [7, 11) is -3.26. The van der Waals surface area contributed by atoms with Crippen molar-refractivity contribution in [3.8, 4) is 0 Å². The predicted octanol–water partition coefficient (Wildman–Crippen LogP) is 3.13. The number of anilines is 1. The minimum Gasteiger partial charge on any atom is -0.341 e. The molecular formula is C21H31N3O4S. The number of carbonyl (C=O) groups is 2. The zero-order valence-electron chi connectivity index (χ0n) is 17.1. The van der Waals surface area contributed by atoms with Crippen LogP contribution in [0.1, 0.15) is 44.9 Å². The number of amides is 3. The molecule has 1 saturated carbocycles. The van der Waals surface area contributed by atoms with Gasteiger partial charge < -0.3 is 15.1 Å². The van der Waals surface area contributed by atoms with Gasteiger partial charge in [0.2, 0.25) is 5.91 Å². The van der Waals surface area contributed by atoms with Crippen LogP contribution in [-0.2, 0) is 14.6 Å². The minimum atomic E-state index is -3.26. The average Bonchev–Trinajstić information content (AvgIpc) is 3.08. The van der Waals surface area contributed by atoms with Gasteiger partial charge in [0.15, 0.2) is 9.84 Å². The topological polar surface area (TPSA) is 86.8 Å². The van der Waals surface area contributed by atoms with Crippen LogP contribution in [0.25, 0.3) is 0 Å². The third kappa shape index (κ3) is 6.19. The Morgan fingerprint density at radius 3 is 2.24 bits per heavy atom. The second kappa shape index (κ2) is 9.61. The molecule has 1 heterocycles. The van der Waals surface area contributed by atoms with Crippen molar-refractivity contribution in [2.45, 2.75) is 49.8 Å². The van der Waals surface area contributed by atoms with Gasteiger partial charge in [0, 0.05) is 44.5 Å². The number of nitrogens with zero attached hydrogens (tertiary/aromatic N) is 2. The summed E-state index contributed by atoms with van der Waals surface area (Å²) in [6, 6.07) is 5.92. The summed E-state index contributed by atoms with van der Waals surface area (Å²) in [5.74, 6) is 0.915. The molecule has 1 aliphatic carbocycles. The molecular weight excluding hydrogens is 390 g/mol. The fraction of sp³-hybridized carbons (Fsp3) is 0.619. The molecule has 2 aliphatic rings. The van der Waals surface area contributed by atoms with Crippen LogP contribution < -0.4 is 5.32 Å². The molecule has 1 aliphatic heterocycles. The molecule has 1 aromatic carbocycles. The van der Waals surface area contributed by atoms with Gasteiger partial charge >= 0.3 is 6.03 Å². The highest BCUT2D eigenvalue weighted by Gasteiger charge is 2.23. The fourth-order valence-electron chi connectivity index (χ4n) is 4.14. The zero-order chi connectivity index (χ0) is 20.9. The van der Waals surface area contributed by atoms with E-state index in [1.807, 2.05) is 4.90 Å². The van der Waals surface area contributed by atoms with Crippen molar-refractivity contribution in [1.82, 2.24) is 9.80 Å². The van der Waals surface area contributed by atoms with E-state index in [0.717, 1.165) is 19.1 Å². The molecule has 29 heavy (non-hydrogen) atoms. The quantitative estimate of drug-likeness (QED) is 0.791. The Kier molecular flexibility index (Phi) is 7.16. The van der Waals surface area contributed by atoms with E-state index >= 15 is 0 Å². The number of hydrogen-bond acceptors (Lipinski definition) is 4. The number of hydrogen-bond donors (Lipinski definition) is 1. The van der Waals surface area contributed by atoms with Crippen LogP contribution in [-0.4, -0.2) is 62.6 Å². The first-order chi connectivity index (χ1) is 13.8. The van der Waals surface area contributed by atoms with E-state index < -0.39 is 9.84 Å². The Labute approximate surface area is 173 Å². The summed E-state index contributed by atoms with van der Waals surface area (Å²) in [6.07, 6.45) is 8.62. The minimum absolute atomic E-state index is 0.204. The molecule has 8 heteroatoms. The van der Waals surface area contributed by atoms with E-state index in [9.17, 15) is 18.0 Å². The molecule has 0 bridgehead atoms. The summed E-state index contributed by atoms with van der Waals surface area (Å²) in [4.78, 5) is 28.9. The number of rotatable bonds is 5. The first-order valence-electron chi connectivity index (χ1n) is 10.5. The van der Waals surface area contributed by atoms with Crippen molar-refractivity contribution in [3.63, 3.8) is 0 Å². The smallest absolute Gasteiger partial charge is 0.321 e. The van der Waals surface area contributed by atoms with E-state index in [1.54, 1.807) is 17.0 Å². The van der Waals surface area contributed by atoms with E-state index in [1.165, 1.54) is 37.8 Å². The van der Waals surface area contributed by atoms with Gasteiger partial charge in [-0.2, -0.15) is 0 Å². The number of benzene rings is 1. The number of carbonyl (C=O) groups excluding carboxylic acids is 2. The lowest BCUT2D eigenvalue weighted by Crippen LogP contribution is -2.39. The highest BCUT2D eigenvalue weighted by atomic mass is 32.2. The van der Waals surface area contributed by atoms with E-state index in [4.69, 9.17) is 0 Å². The third-order valence-electron chi connectivity index (χ3n) is 5.91. The van der Waals surface area contributed by atoms with Crippen LogP contribution in [0.4, 0.5) is 10.5 Å². The van der Waals surface area contributed by atoms with Crippen molar-refractivity contribution in [2.24, 2.45) is 5.92 Å². The van der Waals surface area contributed by atoms with Gasteiger partial charge in [-0.05, 0) is 43.0 Å². The van der Waals surface area contributed by atoms with Crippen molar-refractivity contribution < 1.29 is 18.0 Å². The second-order valence-electron chi connectivity index (χ2n) is 8.14. The number of sulfone groups is 1. The summed E-state index contributed by atoms with van der Waals surface area (Å²) >= 11 is 0. The Morgan fingerprint density at radius 2 is 1.59 bits per heavy atom. The lowest BCUT2D eigenvalue weighted by Gasteiger charge is -2.23. The van der Waals surface area contributed by atoms with Crippen LogP contribution in [0.5, 0.6) is 0 Å². The maximum Gasteiger partial charge on any atom is 0.321 e. The average molecular weight is 422 g/mol. The lowest BCUT2D eigenvalue weighted by molar-refractivity contribution is -0.131. The molecule has 7 nitrogen and oxygen atoms in total. The third-order valence-corrected chi connectivity index (χ3v) is 7.04. The number of urea groups is 1. The fourth-order valence-corrected chi connectivity index (χ4v) is 4.77. The van der Waals surface area contributed by atoms with E-state index in [-0.39, 0.29) is 16.8 Å². The molecule has 0 unspecified atom stereocenters. The SMILES string of the molecule is CS(=O)(=O)c1ccc(NC(=O)N2CCCN(C(=O)CCC3CCCC3)CC2)cc1. The lowest BCUT2D eigenvalue weighted by atomic mass is 10.0. The first-order valence-corrected chi connectivity index (χ1v) is 12.4. The first kappa shape index (κ1) is 21.6. The van der Waals surface area contributed by atoms with Gasteiger partial charge in [0.1, 0.15) is 0 Å². The Balaban J connectivity index is 1.48. The van der Waals surface area contributed by atoms with Gasteiger partial charge in [0.05, 0.1) is 4.90 Å². The Morgan fingerprint density at radius 1 is 0.966 bits per heavy atom. The summed E-state index contributed by atoms with van der Waals surface area (Å²) in [5.41, 5.74) is 0.552. The summed E-state index contributed by atoms with van der Waals surface area (Å²) in [5, 5.41) is 2.81. The van der Waals surface area contributed by atoms with Gasteiger partial charge in [-0.15, -0.1) is 0 Å². The van der Waals surface area contributed by atoms with Crippen molar-refractivity contribution in [3.05, 3.63) is 24.3 Å². The molecule has 0 aromatic heterocycles. The van der Waals surface area contributed by atoms with Crippen LogP contribution in [0.2, 0.25) is 0 Å². The number of nitrogens with one attached hydrogen (secondary N) is 1. The van der Waals surface area contributed by atoms with Crippen LogP contribution in [0, 0.1) is 5.92 Å². The Hall–Kier alpha value is -2.09. The normalized spacial score (nSPS) is 18.5. The molecule has 1 saturated heterocycles.